The van der Waals surface area contributed by atoms with Gasteiger partial charge in [0.2, 0.25) is 0 Å². The molecule has 21 heavy (non-hydrogen) atoms. The highest BCUT2D eigenvalue weighted by molar-refractivity contribution is 9.10. The normalized spacial score (nSPS) is 27.3. The third kappa shape index (κ3) is 2.77. The second-order valence-corrected chi connectivity index (χ2v) is 7.20. The molecule has 0 radical (unpaired) electrons. The van der Waals surface area contributed by atoms with Gasteiger partial charge in [-0.25, -0.2) is 0 Å². The van der Waals surface area contributed by atoms with Crippen molar-refractivity contribution in [2.24, 2.45) is 5.92 Å². The second kappa shape index (κ2) is 5.41. The number of fused-ring (bicyclic) bond motifs is 1. The topological polar surface area (TPSA) is 34.4 Å². The van der Waals surface area contributed by atoms with E-state index in [4.69, 9.17) is 9.15 Å². The van der Waals surface area contributed by atoms with Crippen LogP contribution in [0.1, 0.15) is 38.0 Å². The molecule has 0 amide bonds. The summed E-state index contributed by atoms with van der Waals surface area (Å²) in [6.45, 7) is 3.06. The minimum atomic E-state index is 0.212. The van der Waals surface area contributed by atoms with Crippen molar-refractivity contribution in [3.63, 3.8) is 0 Å². The molecule has 1 saturated heterocycles. The van der Waals surface area contributed by atoms with E-state index in [1.165, 1.54) is 12.8 Å². The van der Waals surface area contributed by atoms with Crippen LogP contribution in [0.4, 0.5) is 0 Å². The van der Waals surface area contributed by atoms with Gasteiger partial charge >= 0.3 is 0 Å². The van der Waals surface area contributed by atoms with E-state index >= 15 is 0 Å². The van der Waals surface area contributed by atoms with E-state index in [2.05, 4.69) is 40.3 Å². The van der Waals surface area contributed by atoms with Gasteiger partial charge in [-0.15, -0.1) is 0 Å². The first-order chi connectivity index (χ1) is 10.2. The summed E-state index contributed by atoms with van der Waals surface area (Å²) >= 11 is 3.51. The molecule has 112 valence electrons. The fraction of sp³-hybridized carbons (Fsp3) is 0.529. The van der Waals surface area contributed by atoms with Crippen LogP contribution in [0.2, 0.25) is 0 Å². The summed E-state index contributed by atoms with van der Waals surface area (Å²) in [5.74, 6) is 1.79. The lowest BCUT2D eigenvalue weighted by atomic mass is 10.0. The van der Waals surface area contributed by atoms with Gasteiger partial charge in [-0.3, -0.25) is 0 Å². The minimum absolute atomic E-state index is 0.212. The Morgan fingerprint density at radius 1 is 1.24 bits per heavy atom. The molecule has 1 N–H and O–H groups in total. The van der Waals surface area contributed by atoms with Crippen LogP contribution in [0.5, 0.6) is 0 Å². The molecule has 0 bridgehead atoms. The van der Waals surface area contributed by atoms with Crippen LogP contribution in [0.3, 0.4) is 0 Å². The highest BCUT2D eigenvalue weighted by Gasteiger charge is 2.41. The summed E-state index contributed by atoms with van der Waals surface area (Å²) in [6.07, 6.45) is 4.18. The summed E-state index contributed by atoms with van der Waals surface area (Å²) in [4.78, 5) is 0. The van der Waals surface area contributed by atoms with E-state index in [-0.39, 0.29) is 6.04 Å². The Hall–Kier alpha value is -0.840. The molecule has 2 fully saturated rings. The van der Waals surface area contributed by atoms with Crippen molar-refractivity contribution in [1.82, 2.24) is 5.32 Å². The predicted octanol–water partition coefficient (Wildman–Crippen LogP) is 4.41. The van der Waals surface area contributed by atoms with Crippen LogP contribution < -0.4 is 5.32 Å². The van der Waals surface area contributed by atoms with Gasteiger partial charge in [0, 0.05) is 22.5 Å². The first-order valence-electron chi connectivity index (χ1n) is 7.77. The van der Waals surface area contributed by atoms with E-state index in [9.17, 15) is 0 Å². The molecular formula is C17H20BrNO2. The molecule has 3 unspecified atom stereocenters. The van der Waals surface area contributed by atoms with Crippen LogP contribution >= 0.6 is 15.9 Å². The fourth-order valence-corrected chi connectivity index (χ4v) is 3.71. The number of ether oxygens (including phenoxy) is 1. The maximum atomic E-state index is 5.98. The maximum Gasteiger partial charge on any atom is 0.134 e. The molecule has 1 saturated carbocycles. The summed E-state index contributed by atoms with van der Waals surface area (Å²) in [5.41, 5.74) is 0.947. The molecule has 1 aliphatic heterocycles. The summed E-state index contributed by atoms with van der Waals surface area (Å²) < 4.78 is 13.0. The van der Waals surface area contributed by atoms with Gasteiger partial charge in [0.25, 0.3) is 0 Å². The number of benzene rings is 1. The van der Waals surface area contributed by atoms with Gasteiger partial charge in [-0.2, -0.15) is 0 Å². The highest BCUT2D eigenvalue weighted by Crippen LogP contribution is 2.39. The maximum absolute atomic E-state index is 5.98. The first kappa shape index (κ1) is 13.8. The number of nitrogens with one attached hydrogen (secondary N) is 1. The van der Waals surface area contributed by atoms with Crippen molar-refractivity contribution in [1.29, 1.82) is 0 Å². The summed E-state index contributed by atoms with van der Waals surface area (Å²) in [6, 6.07) is 8.94. The smallest absolute Gasteiger partial charge is 0.134 e. The summed E-state index contributed by atoms with van der Waals surface area (Å²) in [7, 11) is 0. The van der Waals surface area contributed by atoms with Crippen molar-refractivity contribution >= 4 is 26.9 Å². The lowest BCUT2D eigenvalue weighted by molar-refractivity contribution is 0.0787. The van der Waals surface area contributed by atoms with Gasteiger partial charge in [-0.05, 0) is 56.4 Å². The molecule has 2 aliphatic rings. The van der Waals surface area contributed by atoms with E-state index < -0.39 is 0 Å². The zero-order valence-electron chi connectivity index (χ0n) is 12.1. The molecule has 4 rings (SSSR count). The molecule has 1 aromatic heterocycles. The zero-order valence-corrected chi connectivity index (χ0v) is 13.7. The second-order valence-electron chi connectivity index (χ2n) is 6.29. The largest absolute Gasteiger partial charge is 0.459 e. The Morgan fingerprint density at radius 2 is 2.10 bits per heavy atom. The molecule has 1 aliphatic carbocycles. The van der Waals surface area contributed by atoms with Crippen molar-refractivity contribution < 1.29 is 9.15 Å². The highest BCUT2D eigenvalue weighted by atomic mass is 79.9. The Labute approximate surface area is 133 Å². The van der Waals surface area contributed by atoms with E-state index in [1.807, 2.05) is 12.1 Å². The lowest BCUT2D eigenvalue weighted by Crippen LogP contribution is -2.39. The van der Waals surface area contributed by atoms with E-state index in [1.54, 1.807) is 0 Å². The lowest BCUT2D eigenvalue weighted by Gasteiger charge is -2.22. The first-order valence-corrected chi connectivity index (χ1v) is 8.56. The monoisotopic (exact) mass is 349 g/mol. The quantitative estimate of drug-likeness (QED) is 0.887. The molecule has 0 spiro atoms. The van der Waals surface area contributed by atoms with Crippen LogP contribution in [-0.2, 0) is 4.74 Å². The molecule has 2 heterocycles. The van der Waals surface area contributed by atoms with Gasteiger partial charge in [-0.1, -0.05) is 15.9 Å². The number of hydrogen-bond acceptors (Lipinski definition) is 3. The van der Waals surface area contributed by atoms with Gasteiger partial charge in [0.05, 0.1) is 12.1 Å². The van der Waals surface area contributed by atoms with Crippen LogP contribution in [0.15, 0.2) is 33.2 Å². The van der Waals surface area contributed by atoms with Crippen LogP contribution in [-0.4, -0.2) is 18.8 Å². The van der Waals surface area contributed by atoms with Crippen LogP contribution in [0, 0.1) is 5.92 Å². The number of halogens is 1. The van der Waals surface area contributed by atoms with Gasteiger partial charge in [0.1, 0.15) is 11.3 Å². The zero-order chi connectivity index (χ0) is 14.4. The SMILES string of the molecule is CC(NC1CCOC1C1CC1)c1cc2cc(Br)ccc2o1. The van der Waals surface area contributed by atoms with Crippen molar-refractivity contribution in [2.75, 3.05) is 6.61 Å². The fourth-order valence-electron chi connectivity index (χ4n) is 3.33. The van der Waals surface area contributed by atoms with Gasteiger partial charge in [0.15, 0.2) is 0 Å². The Bertz CT molecular complexity index is 649. The Morgan fingerprint density at radius 3 is 2.90 bits per heavy atom. The standard InChI is InChI=1S/C17H20BrNO2/c1-10(19-14-6-7-20-17(14)11-2-3-11)16-9-12-8-13(18)4-5-15(12)21-16/h4-5,8-11,14,17,19H,2-3,6-7H2,1H3. The third-order valence-corrected chi connectivity index (χ3v) is 5.10. The number of furan rings is 1. The Kier molecular flexibility index (Phi) is 3.56. The minimum Gasteiger partial charge on any atom is -0.459 e. The Balaban J connectivity index is 1.51. The summed E-state index contributed by atoms with van der Waals surface area (Å²) in [5, 5.41) is 4.86. The third-order valence-electron chi connectivity index (χ3n) is 4.61. The number of hydrogen-bond donors (Lipinski definition) is 1. The number of rotatable bonds is 4. The molecule has 4 heteroatoms. The van der Waals surface area contributed by atoms with Crippen molar-refractivity contribution in [2.45, 2.75) is 44.4 Å². The van der Waals surface area contributed by atoms with Crippen LogP contribution in [0.25, 0.3) is 11.0 Å². The van der Waals surface area contributed by atoms with Gasteiger partial charge < -0.3 is 14.5 Å². The molecule has 2 aromatic rings. The molecule has 1 aromatic carbocycles. The molecule has 3 atom stereocenters. The average molecular weight is 350 g/mol. The van der Waals surface area contributed by atoms with E-state index in [0.717, 1.165) is 40.1 Å². The average Bonchev–Trinajstić information content (AvgIpc) is 3.05. The molecule has 3 nitrogen and oxygen atoms in total. The van der Waals surface area contributed by atoms with Crippen molar-refractivity contribution in [3.05, 3.63) is 34.5 Å². The van der Waals surface area contributed by atoms with Crippen molar-refractivity contribution in [3.8, 4) is 0 Å². The predicted molar refractivity (Wildman–Crippen MR) is 86.3 cm³/mol. The molecular weight excluding hydrogens is 330 g/mol. The van der Waals surface area contributed by atoms with E-state index in [0.29, 0.717) is 12.1 Å².